The Morgan fingerprint density at radius 1 is 1.32 bits per heavy atom. The molecule has 1 rings (SSSR count). The topological polar surface area (TPSA) is 55.8 Å². The number of hydrogen-bond donors (Lipinski definition) is 1. The molecule has 1 N–H and O–H groups in total. The molecule has 19 heavy (non-hydrogen) atoms. The summed E-state index contributed by atoms with van der Waals surface area (Å²) in [4.78, 5) is 11.6. The van der Waals surface area contributed by atoms with Crippen LogP contribution in [0.2, 0.25) is 0 Å². The molecular formula is C15H28O4. The van der Waals surface area contributed by atoms with Crippen molar-refractivity contribution in [3.05, 3.63) is 0 Å². The van der Waals surface area contributed by atoms with Crippen molar-refractivity contribution in [1.82, 2.24) is 0 Å². The zero-order valence-electron chi connectivity index (χ0n) is 12.6. The number of aliphatic hydroxyl groups excluding tert-OH is 1. The van der Waals surface area contributed by atoms with E-state index < -0.39 is 5.60 Å². The molecule has 0 radical (unpaired) electrons. The quantitative estimate of drug-likeness (QED) is 0.782. The Morgan fingerprint density at radius 2 is 1.95 bits per heavy atom. The van der Waals surface area contributed by atoms with Crippen molar-refractivity contribution >= 4 is 5.97 Å². The Kier molecular flexibility index (Phi) is 6.27. The summed E-state index contributed by atoms with van der Waals surface area (Å²) < 4.78 is 11.0. The minimum absolute atomic E-state index is 0.0121. The third-order valence-electron chi connectivity index (χ3n) is 3.32. The molecule has 4 nitrogen and oxygen atoms in total. The third-order valence-corrected chi connectivity index (χ3v) is 3.32. The van der Waals surface area contributed by atoms with E-state index >= 15 is 0 Å². The molecule has 0 amide bonds. The fourth-order valence-corrected chi connectivity index (χ4v) is 2.65. The van der Waals surface area contributed by atoms with Gasteiger partial charge in [0.05, 0.1) is 12.2 Å². The molecule has 0 aliphatic heterocycles. The molecule has 0 spiro atoms. The fourth-order valence-electron chi connectivity index (χ4n) is 2.65. The number of carbonyl (C=O) groups excluding carboxylic acids is 1. The summed E-state index contributed by atoms with van der Waals surface area (Å²) in [6.45, 7) is 7.36. The van der Waals surface area contributed by atoms with E-state index in [0.717, 1.165) is 25.7 Å². The van der Waals surface area contributed by atoms with Crippen LogP contribution in [0.15, 0.2) is 0 Å². The lowest BCUT2D eigenvalue weighted by atomic mass is 9.83. The van der Waals surface area contributed by atoms with E-state index in [4.69, 9.17) is 9.47 Å². The predicted octanol–water partition coefficient (Wildman–Crippen LogP) is 2.67. The van der Waals surface area contributed by atoms with Gasteiger partial charge in [-0.2, -0.15) is 0 Å². The van der Waals surface area contributed by atoms with E-state index in [1.807, 2.05) is 20.8 Å². The largest absolute Gasteiger partial charge is 0.458 e. The molecule has 3 unspecified atom stereocenters. The lowest BCUT2D eigenvalue weighted by molar-refractivity contribution is -0.164. The van der Waals surface area contributed by atoms with Crippen molar-refractivity contribution < 1.29 is 19.4 Å². The van der Waals surface area contributed by atoms with Crippen LogP contribution < -0.4 is 0 Å². The average molecular weight is 272 g/mol. The van der Waals surface area contributed by atoms with Gasteiger partial charge in [0.2, 0.25) is 0 Å². The number of ether oxygens (including phenoxy) is 2. The summed E-state index contributed by atoms with van der Waals surface area (Å²) in [6, 6.07) is 0. The van der Waals surface area contributed by atoms with E-state index in [9.17, 15) is 9.90 Å². The zero-order valence-corrected chi connectivity index (χ0v) is 12.6. The van der Waals surface area contributed by atoms with Crippen LogP contribution in [0.4, 0.5) is 0 Å². The molecule has 0 aromatic carbocycles. The molecule has 4 heteroatoms. The summed E-state index contributed by atoms with van der Waals surface area (Å²) in [7, 11) is 0. The molecule has 1 aliphatic carbocycles. The van der Waals surface area contributed by atoms with Gasteiger partial charge < -0.3 is 14.6 Å². The van der Waals surface area contributed by atoms with Crippen molar-refractivity contribution in [3.63, 3.8) is 0 Å². The standard InChI is InChI=1S/C15H28O4/c1-11(16)9-12-7-5-6-8-13(12)18-10-14(17)19-15(2,3)4/h11-13,16H,5-10H2,1-4H3. The van der Waals surface area contributed by atoms with Gasteiger partial charge in [0.1, 0.15) is 12.2 Å². The number of aliphatic hydroxyl groups is 1. The molecular weight excluding hydrogens is 244 g/mol. The highest BCUT2D eigenvalue weighted by Crippen LogP contribution is 2.30. The lowest BCUT2D eigenvalue weighted by Crippen LogP contribution is -2.33. The predicted molar refractivity (Wildman–Crippen MR) is 73.8 cm³/mol. The van der Waals surface area contributed by atoms with Gasteiger partial charge >= 0.3 is 5.97 Å². The minimum atomic E-state index is -0.466. The van der Waals surface area contributed by atoms with Crippen molar-refractivity contribution in [2.24, 2.45) is 5.92 Å². The first-order valence-corrected chi connectivity index (χ1v) is 7.29. The Hall–Kier alpha value is -0.610. The summed E-state index contributed by atoms with van der Waals surface area (Å²) in [5, 5.41) is 9.51. The number of hydrogen-bond acceptors (Lipinski definition) is 4. The third kappa shape index (κ3) is 6.92. The van der Waals surface area contributed by atoms with Gasteiger partial charge in [-0.3, -0.25) is 0 Å². The smallest absolute Gasteiger partial charge is 0.332 e. The zero-order chi connectivity index (χ0) is 14.5. The molecule has 112 valence electrons. The van der Waals surface area contributed by atoms with Crippen LogP contribution in [0.1, 0.15) is 59.8 Å². The summed E-state index contributed by atoms with van der Waals surface area (Å²) in [5.74, 6) is 0.0463. The maximum atomic E-state index is 11.6. The van der Waals surface area contributed by atoms with Gasteiger partial charge in [-0.25, -0.2) is 4.79 Å². The molecule has 1 saturated carbocycles. The van der Waals surface area contributed by atoms with Crippen LogP contribution in [0.25, 0.3) is 0 Å². The van der Waals surface area contributed by atoms with Gasteiger partial charge in [0.25, 0.3) is 0 Å². The summed E-state index contributed by atoms with van der Waals surface area (Å²) >= 11 is 0. The summed E-state index contributed by atoms with van der Waals surface area (Å²) in [6.07, 6.45) is 4.88. The van der Waals surface area contributed by atoms with Gasteiger partial charge in [0, 0.05) is 0 Å². The Bertz CT molecular complexity index is 280. The molecule has 0 heterocycles. The van der Waals surface area contributed by atoms with Crippen molar-refractivity contribution in [3.8, 4) is 0 Å². The molecule has 0 saturated heterocycles. The van der Waals surface area contributed by atoms with E-state index in [2.05, 4.69) is 0 Å². The highest BCUT2D eigenvalue weighted by atomic mass is 16.6. The monoisotopic (exact) mass is 272 g/mol. The van der Waals surface area contributed by atoms with Crippen LogP contribution in [-0.2, 0) is 14.3 Å². The molecule has 0 aromatic heterocycles. The first-order chi connectivity index (χ1) is 8.78. The second-order valence-electron chi connectivity index (χ2n) is 6.57. The van der Waals surface area contributed by atoms with Gasteiger partial charge in [-0.05, 0) is 52.9 Å². The van der Waals surface area contributed by atoms with Crippen molar-refractivity contribution in [2.75, 3.05) is 6.61 Å². The van der Waals surface area contributed by atoms with Crippen molar-refractivity contribution in [1.29, 1.82) is 0 Å². The Balaban J connectivity index is 2.38. The maximum Gasteiger partial charge on any atom is 0.332 e. The number of rotatable bonds is 5. The second-order valence-corrected chi connectivity index (χ2v) is 6.57. The lowest BCUT2D eigenvalue weighted by Gasteiger charge is -2.32. The highest BCUT2D eigenvalue weighted by molar-refractivity contribution is 5.71. The van der Waals surface area contributed by atoms with Gasteiger partial charge in [0.15, 0.2) is 0 Å². The normalized spacial score (nSPS) is 25.9. The molecule has 1 fully saturated rings. The van der Waals surface area contributed by atoms with Crippen LogP contribution in [0.3, 0.4) is 0 Å². The maximum absolute atomic E-state index is 11.6. The van der Waals surface area contributed by atoms with E-state index in [-0.39, 0.29) is 24.8 Å². The number of esters is 1. The first-order valence-electron chi connectivity index (χ1n) is 7.29. The van der Waals surface area contributed by atoms with Crippen LogP contribution in [0, 0.1) is 5.92 Å². The second kappa shape index (κ2) is 7.25. The van der Waals surface area contributed by atoms with E-state index in [0.29, 0.717) is 5.92 Å². The van der Waals surface area contributed by atoms with E-state index in [1.54, 1.807) is 6.92 Å². The highest BCUT2D eigenvalue weighted by Gasteiger charge is 2.28. The average Bonchev–Trinajstić information content (AvgIpc) is 2.24. The van der Waals surface area contributed by atoms with Gasteiger partial charge in [-0.1, -0.05) is 12.8 Å². The molecule has 3 atom stereocenters. The van der Waals surface area contributed by atoms with Gasteiger partial charge in [-0.15, -0.1) is 0 Å². The Morgan fingerprint density at radius 3 is 2.53 bits per heavy atom. The molecule has 1 aliphatic rings. The minimum Gasteiger partial charge on any atom is -0.458 e. The Labute approximate surface area is 116 Å². The molecule has 0 aromatic rings. The van der Waals surface area contributed by atoms with Crippen molar-refractivity contribution in [2.45, 2.75) is 77.6 Å². The number of carbonyl (C=O) groups is 1. The SMILES string of the molecule is CC(O)CC1CCCCC1OCC(=O)OC(C)(C)C. The van der Waals surface area contributed by atoms with Crippen LogP contribution >= 0.6 is 0 Å². The fraction of sp³-hybridized carbons (Fsp3) is 0.933. The van der Waals surface area contributed by atoms with Crippen LogP contribution in [0.5, 0.6) is 0 Å². The van der Waals surface area contributed by atoms with E-state index in [1.165, 1.54) is 6.42 Å². The first kappa shape index (κ1) is 16.4. The summed E-state index contributed by atoms with van der Waals surface area (Å²) in [5.41, 5.74) is -0.466. The molecule has 0 bridgehead atoms. The van der Waals surface area contributed by atoms with Crippen LogP contribution in [-0.4, -0.2) is 35.5 Å².